The van der Waals surface area contributed by atoms with Crippen LogP contribution < -0.4 is 5.73 Å². The highest BCUT2D eigenvalue weighted by atomic mass is 32.2. The van der Waals surface area contributed by atoms with E-state index in [1.54, 1.807) is 6.07 Å². The lowest BCUT2D eigenvalue weighted by molar-refractivity contribution is 0.322. The SMILES string of the molecule is N#Cc1cc(CN)ccc1SCCO. The Bertz CT molecular complexity index is 346. The van der Waals surface area contributed by atoms with E-state index in [0.29, 0.717) is 17.9 Å². The van der Waals surface area contributed by atoms with E-state index >= 15 is 0 Å². The monoisotopic (exact) mass is 208 g/mol. The van der Waals surface area contributed by atoms with E-state index in [9.17, 15) is 0 Å². The first-order chi connectivity index (χ1) is 6.81. The van der Waals surface area contributed by atoms with Crippen LogP contribution in [0.3, 0.4) is 0 Å². The molecule has 0 aliphatic heterocycles. The van der Waals surface area contributed by atoms with Gasteiger partial charge >= 0.3 is 0 Å². The molecule has 1 aromatic rings. The van der Waals surface area contributed by atoms with Crippen LogP contribution in [-0.4, -0.2) is 17.5 Å². The van der Waals surface area contributed by atoms with Crippen molar-refractivity contribution in [2.24, 2.45) is 5.73 Å². The van der Waals surface area contributed by atoms with E-state index in [-0.39, 0.29) is 6.61 Å². The van der Waals surface area contributed by atoms with Crippen LogP contribution in [0.15, 0.2) is 23.1 Å². The zero-order valence-electron chi connectivity index (χ0n) is 7.73. The van der Waals surface area contributed by atoms with Crippen molar-refractivity contribution in [2.75, 3.05) is 12.4 Å². The van der Waals surface area contributed by atoms with E-state index in [1.165, 1.54) is 11.8 Å². The summed E-state index contributed by atoms with van der Waals surface area (Å²) >= 11 is 1.48. The van der Waals surface area contributed by atoms with E-state index in [0.717, 1.165) is 10.5 Å². The maximum absolute atomic E-state index is 8.87. The Kier molecular flexibility index (Phi) is 4.47. The predicted octanol–water partition coefficient (Wildman–Crippen LogP) is 1.10. The summed E-state index contributed by atoms with van der Waals surface area (Å²) in [6, 6.07) is 7.69. The second-order valence-electron chi connectivity index (χ2n) is 2.72. The van der Waals surface area contributed by atoms with Crippen molar-refractivity contribution in [3.8, 4) is 6.07 Å². The van der Waals surface area contributed by atoms with Crippen LogP contribution in [-0.2, 0) is 6.54 Å². The topological polar surface area (TPSA) is 70.0 Å². The van der Waals surface area contributed by atoms with Crippen molar-refractivity contribution >= 4 is 11.8 Å². The van der Waals surface area contributed by atoms with Gasteiger partial charge in [0.2, 0.25) is 0 Å². The maximum atomic E-state index is 8.87. The average Bonchev–Trinajstić information content (AvgIpc) is 2.26. The van der Waals surface area contributed by atoms with Gasteiger partial charge in [0.15, 0.2) is 0 Å². The van der Waals surface area contributed by atoms with Gasteiger partial charge in [0, 0.05) is 17.2 Å². The highest BCUT2D eigenvalue weighted by molar-refractivity contribution is 7.99. The first kappa shape index (κ1) is 11.1. The molecule has 0 saturated heterocycles. The predicted molar refractivity (Wildman–Crippen MR) is 56.9 cm³/mol. The smallest absolute Gasteiger partial charge is 0.100 e. The summed E-state index contributed by atoms with van der Waals surface area (Å²) in [5.41, 5.74) is 7.05. The number of aliphatic hydroxyl groups excluding tert-OH is 1. The molecule has 3 N–H and O–H groups in total. The van der Waals surface area contributed by atoms with Gasteiger partial charge in [-0.1, -0.05) is 6.07 Å². The number of hydrogen-bond donors (Lipinski definition) is 2. The standard InChI is InChI=1S/C10H12N2OS/c11-6-8-1-2-10(14-4-3-13)9(5-8)7-12/h1-2,5,13H,3-4,6,11H2. The molecule has 0 unspecified atom stereocenters. The summed E-state index contributed by atoms with van der Waals surface area (Å²) in [6.07, 6.45) is 0. The molecule has 0 saturated carbocycles. The Morgan fingerprint density at radius 2 is 2.29 bits per heavy atom. The van der Waals surface area contributed by atoms with Gasteiger partial charge in [-0.15, -0.1) is 11.8 Å². The molecule has 1 rings (SSSR count). The third-order valence-electron chi connectivity index (χ3n) is 1.75. The third-order valence-corrected chi connectivity index (χ3v) is 2.80. The molecule has 0 radical (unpaired) electrons. The van der Waals surface area contributed by atoms with Crippen LogP contribution in [0.1, 0.15) is 11.1 Å². The highest BCUT2D eigenvalue weighted by Crippen LogP contribution is 2.22. The van der Waals surface area contributed by atoms with Gasteiger partial charge in [-0.25, -0.2) is 0 Å². The molecule has 14 heavy (non-hydrogen) atoms. The molecule has 4 heteroatoms. The van der Waals surface area contributed by atoms with E-state index in [4.69, 9.17) is 16.1 Å². The molecule has 0 aliphatic rings. The zero-order valence-corrected chi connectivity index (χ0v) is 8.55. The lowest BCUT2D eigenvalue weighted by Gasteiger charge is -2.04. The van der Waals surface area contributed by atoms with E-state index < -0.39 is 0 Å². The Morgan fingerprint density at radius 3 is 2.86 bits per heavy atom. The number of nitriles is 1. The lowest BCUT2D eigenvalue weighted by Crippen LogP contribution is -1.97. The second kappa shape index (κ2) is 5.66. The minimum Gasteiger partial charge on any atom is -0.396 e. The minimum absolute atomic E-state index is 0.119. The van der Waals surface area contributed by atoms with Crippen LogP contribution >= 0.6 is 11.8 Å². The Morgan fingerprint density at radius 1 is 1.50 bits per heavy atom. The molecule has 0 amide bonds. The minimum atomic E-state index is 0.119. The van der Waals surface area contributed by atoms with Crippen LogP contribution in [0.2, 0.25) is 0 Å². The molecular weight excluding hydrogens is 196 g/mol. The first-order valence-corrected chi connectivity index (χ1v) is 5.27. The first-order valence-electron chi connectivity index (χ1n) is 4.28. The van der Waals surface area contributed by atoms with Crippen LogP contribution in [0.25, 0.3) is 0 Å². The van der Waals surface area contributed by atoms with Crippen molar-refractivity contribution < 1.29 is 5.11 Å². The molecule has 0 spiro atoms. The van der Waals surface area contributed by atoms with Gasteiger partial charge in [-0.2, -0.15) is 5.26 Å². The van der Waals surface area contributed by atoms with Crippen molar-refractivity contribution in [1.29, 1.82) is 5.26 Å². The Labute approximate surface area is 87.5 Å². The molecule has 1 aromatic carbocycles. The summed E-state index contributed by atoms with van der Waals surface area (Å²) < 4.78 is 0. The van der Waals surface area contributed by atoms with Crippen LogP contribution in [0, 0.1) is 11.3 Å². The highest BCUT2D eigenvalue weighted by Gasteiger charge is 2.02. The number of thioether (sulfide) groups is 1. The fourth-order valence-electron chi connectivity index (χ4n) is 1.07. The zero-order chi connectivity index (χ0) is 10.4. The number of hydrogen-bond acceptors (Lipinski definition) is 4. The molecule has 0 aliphatic carbocycles. The molecule has 0 heterocycles. The number of nitrogens with zero attached hydrogens (tertiary/aromatic N) is 1. The van der Waals surface area contributed by atoms with E-state index in [1.807, 2.05) is 12.1 Å². The number of benzene rings is 1. The second-order valence-corrected chi connectivity index (χ2v) is 3.86. The quantitative estimate of drug-likeness (QED) is 0.727. The largest absolute Gasteiger partial charge is 0.396 e. The summed E-state index contributed by atoms with van der Waals surface area (Å²) in [5.74, 6) is 0.608. The summed E-state index contributed by atoms with van der Waals surface area (Å²) in [6.45, 7) is 0.563. The van der Waals surface area contributed by atoms with Crippen molar-refractivity contribution in [1.82, 2.24) is 0 Å². The summed E-state index contributed by atoms with van der Waals surface area (Å²) in [7, 11) is 0. The van der Waals surface area contributed by atoms with Gasteiger partial charge in [-0.05, 0) is 17.7 Å². The van der Waals surface area contributed by atoms with Crippen molar-refractivity contribution in [3.63, 3.8) is 0 Å². The van der Waals surface area contributed by atoms with E-state index in [2.05, 4.69) is 6.07 Å². The summed E-state index contributed by atoms with van der Waals surface area (Å²) in [5, 5.41) is 17.5. The summed E-state index contributed by atoms with van der Waals surface area (Å²) in [4.78, 5) is 0.902. The van der Waals surface area contributed by atoms with Crippen molar-refractivity contribution in [3.05, 3.63) is 29.3 Å². The molecule has 74 valence electrons. The fourth-order valence-corrected chi connectivity index (χ4v) is 1.81. The van der Waals surface area contributed by atoms with Gasteiger partial charge < -0.3 is 10.8 Å². The molecular formula is C10H12N2OS. The molecule has 0 aromatic heterocycles. The van der Waals surface area contributed by atoms with Crippen molar-refractivity contribution in [2.45, 2.75) is 11.4 Å². The van der Waals surface area contributed by atoms with Gasteiger partial charge in [0.1, 0.15) is 6.07 Å². The van der Waals surface area contributed by atoms with Crippen LogP contribution in [0.4, 0.5) is 0 Å². The lowest BCUT2D eigenvalue weighted by atomic mass is 10.1. The number of aliphatic hydroxyl groups is 1. The Balaban J connectivity index is 2.89. The average molecular weight is 208 g/mol. The number of rotatable bonds is 4. The van der Waals surface area contributed by atoms with Gasteiger partial charge in [-0.3, -0.25) is 0 Å². The van der Waals surface area contributed by atoms with Crippen LogP contribution in [0.5, 0.6) is 0 Å². The molecule has 0 fully saturated rings. The molecule has 0 atom stereocenters. The fraction of sp³-hybridized carbons (Fsp3) is 0.300. The molecule has 3 nitrogen and oxygen atoms in total. The van der Waals surface area contributed by atoms with Gasteiger partial charge in [0.25, 0.3) is 0 Å². The normalized spacial score (nSPS) is 9.79. The van der Waals surface area contributed by atoms with Gasteiger partial charge in [0.05, 0.1) is 12.2 Å². The third kappa shape index (κ3) is 2.74. The number of nitrogens with two attached hydrogens (primary N) is 1. The Hall–Kier alpha value is -1.02. The molecule has 0 bridgehead atoms. The maximum Gasteiger partial charge on any atom is 0.100 e.